The Morgan fingerprint density at radius 2 is 1.56 bits per heavy atom. The van der Waals surface area contributed by atoms with Crippen molar-refractivity contribution in [3.63, 3.8) is 0 Å². The Balaban J connectivity index is 2.28. The SMILES string of the molecule is NC1CCC(F)(c2cc(F)cc(F)c2)CC1. The van der Waals surface area contributed by atoms with Crippen LogP contribution in [0.2, 0.25) is 0 Å². The minimum atomic E-state index is -1.63. The third-order valence-electron chi connectivity index (χ3n) is 3.20. The van der Waals surface area contributed by atoms with E-state index in [1.54, 1.807) is 0 Å². The largest absolute Gasteiger partial charge is 0.328 e. The fourth-order valence-electron chi connectivity index (χ4n) is 2.20. The molecule has 0 spiro atoms. The summed E-state index contributed by atoms with van der Waals surface area (Å²) in [5, 5.41) is 0. The lowest BCUT2D eigenvalue weighted by atomic mass is 9.79. The van der Waals surface area contributed by atoms with Crippen LogP contribution in [-0.2, 0) is 5.67 Å². The van der Waals surface area contributed by atoms with Crippen molar-refractivity contribution in [1.82, 2.24) is 0 Å². The predicted molar refractivity (Wildman–Crippen MR) is 55.6 cm³/mol. The molecule has 0 amide bonds. The lowest BCUT2D eigenvalue weighted by molar-refractivity contribution is 0.0971. The molecule has 0 radical (unpaired) electrons. The molecule has 0 unspecified atom stereocenters. The summed E-state index contributed by atoms with van der Waals surface area (Å²) in [5.74, 6) is -1.47. The summed E-state index contributed by atoms with van der Waals surface area (Å²) in [5.41, 5.74) is 4.15. The van der Waals surface area contributed by atoms with Crippen molar-refractivity contribution in [2.75, 3.05) is 0 Å². The minimum Gasteiger partial charge on any atom is -0.328 e. The van der Waals surface area contributed by atoms with Crippen LogP contribution in [0.1, 0.15) is 31.2 Å². The number of halogens is 3. The summed E-state index contributed by atoms with van der Waals surface area (Å²) in [6.45, 7) is 0. The van der Waals surface area contributed by atoms with E-state index in [4.69, 9.17) is 5.73 Å². The van der Waals surface area contributed by atoms with Crippen molar-refractivity contribution in [1.29, 1.82) is 0 Å². The van der Waals surface area contributed by atoms with Crippen LogP contribution in [0.15, 0.2) is 18.2 Å². The van der Waals surface area contributed by atoms with Crippen molar-refractivity contribution in [2.24, 2.45) is 5.73 Å². The van der Waals surface area contributed by atoms with Gasteiger partial charge in [-0.25, -0.2) is 13.2 Å². The highest BCUT2D eigenvalue weighted by atomic mass is 19.1. The van der Waals surface area contributed by atoms with Gasteiger partial charge >= 0.3 is 0 Å². The van der Waals surface area contributed by atoms with E-state index in [-0.39, 0.29) is 24.4 Å². The molecule has 1 nitrogen and oxygen atoms in total. The monoisotopic (exact) mass is 229 g/mol. The van der Waals surface area contributed by atoms with E-state index in [0.29, 0.717) is 12.8 Å². The van der Waals surface area contributed by atoms with E-state index in [1.807, 2.05) is 0 Å². The van der Waals surface area contributed by atoms with Crippen molar-refractivity contribution in [3.05, 3.63) is 35.4 Å². The number of hydrogen-bond acceptors (Lipinski definition) is 1. The molecule has 0 aromatic heterocycles. The number of benzene rings is 1. The second-order valence-electron chi connectivity index (χ2n) is 4.46. The maximum atomic E-state index is 14.4. The standard InChI is InChI=1S/C12H14F3N/c13-9-5-8(6-10(14)7-9)12(15)3-1-11(16)2-4-12/h5-7,11H,1-4,16H2. The summed E-state index contributed by atoms with van der Waals surface area (Å²) < 4.78 is 40.4. The fraction of sp³-hybridized carbons (Fsp3) is 0.500. The van der Waals surface area contributed by atoms with Crippen LogP contribution in [0.5, 0.6) is 0 Å². The van der Waals surface area contributed by atoms with Gasteiger partial charge < -0.3 is 5.73 Å². The molecule has 1 aliphatic carbocycles. The van der Waals surface area contributed by atoms with Gasteiger partial charge in [-0.15, -0.1) is 0 Å². The van der Waals surface area contributed by atoms with E-state index in [0.717, 1.165) is 18.2 Å². The average Bonchev–Trinajstić information content (AvgIpc) is 2.21. The molecular weight excluding hydrogens is 215 g/mol. The Morgan fingerprint density at radius 1 is 1.06 bits per heavy atom. The lowest BCUT2D eigenvalue weighted by Gasteiger charge is -2.32. The number of nitrogens with two attached hydrogens (primary N) is 1. The predicted octanol–water partition coefficient (Wildman–Crippen LogP) is 3.03. The van der Waals surface area contributed by atoms with Gasteiger partial charge in [0.15, 0.2) is 0 Å². The highest BCUT2D eigenvalue weighted by Gasteiger charge is 2.36. The second-order valence-corrected chi connectivity index (χ2v) is 4.46. The van der Waals surface area contributed by atoms with Crippen LogP contribution >= 0.6 is 0 Å². The molecule has 0 heterocycles. The number of rotatable bonds is 1. The van der Waals surface area contributed by atoms with Gasteiger partial charge in [-0.3, -0.25) is 0 Å². The Bertz CT molecular complexity index is 364. The average molecular weight is 229 g/mol. The molecule has 0 atom stereocenters. The van der Waals surface area contributed by atoms with Gasteiger partial charge in [0.1, 0.15) is 17.3 Å². The minimum absolute atomic E-state index is 0.00211. The third kappa shape index (κ3) is 2.21. The van der Waals surface area contributed by atoms with Gasteiger partial charge in [0.25, 0.3) is 0 Å². The molecule has 16 heavy (non-hydrogen) atoms. The molecule has 1 aliphatic rings. The maximum absolute atomic E-state index is 14.4. The first-order chi connectivity index (χ1) is 7.49. The summed E-state index contributed by atoms with van der Waals surface area (Å²) in [7, 11) is 0. The van der Waals surface area contributed by atoms with Gasteiger partial charge in [-0.1, -0.05) is 0 Å². The molecule has 1 aromatic rings. The van der Waals surface area contributed by atoms with E-state index >= 15 is 0 Å². The summed E-state index contributed by atoms with van der Waals surface area (Å²) >= 11 is 0. The van der Waals surface area contributed by atoms with Crippen molar-refractivity contribution >= 4 is 0 Å². The van der Waals surface area contributed by atoms with E-state index in [9.17, 15) is 13.2 Å². The van der Waals surface area contributed by atoms with Crippen LogP contribution in [0.25, 0.3) is 0 Å². The lowest BCUT2D eigenvalue weighted by Crippen LogP contribution is -2.34. The molecule has 0 bridgehead atoms. The zero-order valence-corrected chi connectivity index (χ0v) is 8.85. The zero-order chi connectivity index (χ0) is 11.8. The first-order valence-corrected chi connectivity index (χ1v) is 5.41. The summed E-state index contributed by atoms with van der Waals surface area (Å²) in [6, 6.07) is 2.89. The normalized spacial score (nSPS) is 30.4. The van der Waals surface area contributed by atoms with Gasteiger partial charge in [-0.2, -0.15) is 0 Å². The molecule has 88 valence electrons. The van der Waals surface area contributed by atoms with Crippen molar-refractivity contribution in [2.45, 2.75) is 37.4 Å². The molecule has 2 rings (SSSR count). The molecule has 1 saturated carbocycles. The van der Waals surface area contributed by atoms with Gasteiger partial charge in [0, 0.05) is 12.1 Å². The molecule has 1 fully saturated rings. The quantitative estimate of drug-likeness (QED) is 0.787. The Morgan fingerprint density at radius 3 is 2.06 bits per heavy atom. The smallest absolute Gasteiger partial charge is 0.136 e. The highest BCUT2D eigenvalue weighted by molar-refractivity contribution is 5.25. The highest BCUT2D eigenvalue weighted by Crippen LogP contribution is 2.40. The summed E-state index contributed by atoms with van der Waals surface area (Å²) in [4.78, 5) is 0. The number of hydrogen-bond donors (Lipinski definition) is 1. The Hall–Kier alpha value is -1.03. The van der Waals surface area contributed by atoms with Gasteiger partial charge in [0.05, 0.1) is 0 Å². The van der Waals surface area contributed by atoms with Crippen LogP contribution in [-0.4, -0.2) is 6.04 Å². The number of alkyl halides is 1. The van der Waals surface area contributed by atoms with E-state index in [2.05, 4.69) is 0 Å². The first-order valence-electron chi connectivity index (χ1n) is 5.41. The Kier molecular flexibility index (Phi) is 2.93. The first kappa shape index (κ1) is 11.5. The van der Waals surface area contributed by atoms with Crippen LogP contribution in [0.3, 0.4) is 0 Å². The van der Waals surface area contributed by atoms with Crippen LogP contribution < -0.4 is 5.73 Å². The van der Waals surface area contributed by atoms with Gasteiger partial charge in [0.2, 0.25) is 0 Å². The molecule has 0 saturated heterocycles. The molecule has 0 aliphatic heterocycles. The third-order valence-corrected chi connectivity index (χ3v) is 3.20. The van der Waals surface area contributed by atoms with Gasteiger partial charge in [-0.05, 0) is 43.4 Å². The van der Waals surface area contributed by atoms with Crippen LogP contribution in [0.4, 0.5) is 13.2 Å². The topological polar surface area (TPSA) is 26.0 Å². The summed E-state index contributed by atoms with van der Waals surface area (Å²) in [6.07, 6.45) is 1.57. The molecule has 4 heteroatoms. The van der Waals surface area contributed by atoms with Crippen LogP contribution in [0, 0.1) is 11.6 Å². The Labute approximate surface area is 92.5 Å². The second kappa shape index (κ2) is 4.09. The van der Waals surface area contributed by atoms with E-state index in [1.165, 1.54) is 0 Å². The molecular formula is C12H14F3N. The molecule has 1 aromatic carbocycles. The zero-order valence-electron chi connectivity index (χ0n) is 8.85. The van der Waals surface area contributed by atoms with E-state index < -0.39 is 17.3 Å². The van der Waals surface area contributed by atoms with Crippen molar-refractivity contribution < 1.29 is 13.2 Å². The van der Waals surface area contributed by atoms with Crippen molar-refractivity contribution in [3.8, 4) is 0 Å². The molecule has 2 N–H and O–H groups in total. The fourth-order valence-corrected chi connectivity index (χ4v) is 2.20. The maximum Gasteiger partial charge on any atom is 0.136 e.